The lowest BCUT2D eigenvalue weighted by molar-refractivity contribution is 0.239. The van der Waals surface area contributed by atoms with E-state index < -0.39 is 0 Å². The Labute approximate surface area is 120 Å². The Morgan fingerprint density at radius 2 is 1.10 bits per heavy atom. The van der Waals surface area contributed by atoms with Gasteiger partial charge in [-0.2, -0.15) is 0 Å². The van der Waals surface area contributed by atoms with E-state index in [0.29, 0.717) is 12.1 Å². The Kier molecular flexibility index (Phi) is 5.95. The van der Waals surface area contributed by atoms with Crippen molar-refractivity contribution in [1.82, 2.24) is 21.3 Å². The van der Waals surface area contributed by atoms with E-state index in [1.54, 1.807) is 0 Å². The third-order valence-electron chi connectivity index (χ3n) is 3.50. The molecule has 4 N–H and O–H groups in total. The zero-order valence-corrected chi connectivity index (χ0v) is 12.0. The van der Waals surface area contributed by atoms with E-state index in [1.165, 1.54) is 0 Å². The molecule has 0 aliphatic heterocycles. The summed E-state index contributed by atoms with van der Waals surface area (Å²) in [5.74, 6) is 0. The van der Waals surface area contributed by atoms with E-state index in [9.17, 15) is 9.59 Å². The molecule has 2 saturated carbocycles. The summed E-state index contributed by atoms with van der Waals surface area (Å²) in [5, 5.41) is 11.5. The number of urea groups is 2. The molecule has 2 aliphatic rings. The van der Waals surface area contributed by atoms with Crippen LogP contribution < -0.4 is 21.3 Å². The molecule has 2 aliphatic carbocycles. The van der Waals surface area contributed by atoms with Crippen LogP contribution in [0.25, 0.3) is 0 Å². The fourth-order valence-corrected chi connectivity index (χ4v) is 1.94. The minimum Gasteiger partial charge on any atom is -0.338 e. The van der Waals surface area contributed by atoms with Gasteiger partial charge in [0.25, 0.3) is 0 Å². The molecule has 0 bridgehead atoms. The van der Waals surface area contributed by atoms with Crippen molar-refractivity contribution in [2.24, 2.45) is 0 Å². The van der Waals surface area contributed by atoms with Crippen molar-refractivity contribution in [2.45, 2.75) is 63.5 Å². The second-order valence-electron chi connectivity index (χ2n) is 5.76. The van der Waals surface area contributed by atoms with Gasteiger partial charge in [-0.1, -0.05) is 12.8 Å². The van der Waals surface area contributed by atoms with Gasteiger partial charge in [-0.3, -0.25) is 0 Å². The van der Waals surface area contributed by atoms with Crippen LogP contribution in [0.4, 0.5) is 9.59 Å². The number of carbonyl (C=O) groups excluding carboxylic acids is 2. The van der Waals surface area contributed by atoms with Crippen molar-refractivity contribution in [3.63, 3.8) is 0 Å². The normalized spacial score (nSPS) is 17.4. The summed E-state index contributed by atoms with van der Waals surface area (Å²) in [6, 6.07) is 0.766. The average Bonchev–Trinajstić information content (AvgIpc) is 3.29. The first-order valence-corrected chi connectivity index (χ1v) is 7.83. The van der Waals surface area contributed by atoms with Gasteiger partial charge in [0.1, 0.15) is 0 Å². The van der Waals surface area contributed by atoms with E-state index in [0.717, 1.165) is 64.5 Å². The van der Waals surface area contributed by atoms with Crippen molar-refractivity contribution in [2.75, 3.05) is 13.1 Å². The fourth-order valence-electron chi connectivity index (χ4n) is 1.94. The molecular formula is C14H26N4O2. The summed E-state index contributed by atoms with van der Waals surface area (Å²) in [5.41, 5.74) is 0. The summed E-state index contributed by atoms with van der Waals surface area (Å²) in [4.78, 5) is 22.6. The Hall–Kier alpha value is -1.46. The highest BCUT2D eigenvalue weighted by atomic mass is 16.2. The van der Waals surface area contributed by atoms with Crippen LogP contribution in [0, 0.1) is 0 Å². The van der Waals surface area contributed by atoms with Crippen LogP contribution in [0.15, 0.2) is 0 Å². The number of carbonyl (C=O) groups is 2. The first-order valence-electron chi connectivity index (χ1n) is 7.83. The maximum atomic E-state index is 11.3. The molecule has 0 saturated heterocycles. The Bertz CT molecular complexity index is 295. The van der Waals surface area contributed by atoms with Crippen LogP contribution in [-0.2, 0) is 0 Å². The number of rotatable bonds is 9. The van der Waals surface area contributed by atoms with Crippen molar-refractivity contribution < 1.29 is 9.59 Å². The molecule has 0 spiro atoms. The maximum Gasteiger partial charge on any atom is 0.315 e. The number of hydrogen-bond donors (Lipinski definition) is 4. The summed E-state index contributed by atoms with van der Waals surface area (Å²) in [6.07, 6.45) is 8.62. The number of nitrogens with one attached hydrogen (secondary N) is 4. The zero-order valence-electron chi connectivity index (χ0n) is 12.0. The summed E-state index contributed by atoms with van der Waals surface area (Å²) in [7, 11) is 0. The fraction of sp³-hybridized carbons (Fsp3) is 0.857. The lowest BCUT2D eigenvalue weighted by Gasteiger charge is -2.07. The molecular weight excluding hydrogens is 256 g/mol. The lowest BCUT2D eigenvalue weighted by Crippen LogP contribution is -2.37. The van der Waals surface area contributed by atoms with Crippen molar-refractivity contribution in [3.05, 3.63) is 0 Å². The standard InChI is InChI=1S/C14H26N4O2/c19-13(17-11-5-6-11)15-9-3-1-2-4-10-16-14(20)18-12-7-8-12/h11-12H,1-10H2,(H2,15,17,19)(H2,16,18,20). The molecule has 0 aromatic rings. The minimum atomic E-state index is -0.0362. The van der Waals surface area contributed by atoms with Crippen LogP contribution >= 0.6 is 0 Å². The predicted octanol–water partition coefficient (Wildman–Crippen LogP) is 1.47. The molecule has 0 aromatic carbocycles. The molecule has 6 heteroatoms. The van der Waals surface area contributed by atoms with Crippen LogP contribution in [0.3, 0.4) is 0 Å². The van der Waals surface area contributed by atoms with Gasteiger partial charge in [0.05, 0.1) is 0 Å². The predicted molar refractivity (Wildman–Crippen MR) is 77.6 cm³/mol. The van der Waals surface area contributed by atoms with E-state index >= 15 is 0 Å². The third-order valence-corrected chi connectivity index (χ3v) is 3.50. The van der Waals surface area contributed by atoms with Gasteiger partial charge >= 0.3 is 12.1 Å². The van der Waals surface area contributed by atoms with Crippen molar-refractivity contribution in [1.29, 1.82) is 0 Å². The highest BCUT2D eigenvalue weighted by Crippen LogP contribution is 2.18. The van der Waals surface area contributed by atoms with Gasteiger partial charge in [0.15, 0.2) is 0 Å². The van der Waals surface area contributed by atoms with Crippen molar-refractivity contribution in [3.8, 4) is 0 Å². The van der Waals surface area contributed by atoms with E-state index in [-0.39, 0.29) is 12.1 Å². The van der Waals surface area contributed by atoms with E-state index in [4.69, 9.17) is 0 Å². The Balaban J connectivity index is 1.30. The molecule has 0 unspecified atom stereocenters. The highest BCUT2D eigenvalue weighted by molar-refractivity contribution is 5.74. The second-order valence-corrected chi connectivity index (χ2v) is 5.76. The molecule has 2 rings (SSSR count). The van der Waals surface area contributed by atoms with Crippen LogP contribution in [0.1, 0.15) is 51.4 Å². The SMILES string of the molecule is O=C(NCCCCCCNC(=O)NC1CC1)NC1CC1. The van der Waals surface area contributed by atoms with Gasteiger partial charge in [-0.15, -0.1) is 0 Å². The molecule has 20 heavy (non-hydrogen) atoms. The summed E-state index contributed by atoms with van der Waals surface area (Å²) >= 11 is 0. The largest absolute Gasteiger partial charge is 0.338 e. The van der Waals surface area contributed by atoms with Gasteiger partial charge in [-0.25, -0.2) is 9.59 Å². The van der Waals surface area contributed by atoms with Crippen LogP contribution in [-0.4, -0.2) is 37.2 Å². The summed E-state index contributed by atoms with van der Waals surface area (Å²) < 4.78 is 0. The Morgan fingerprint density at radius 1 is 0.700 bits per heavy atom. The number of amides is 4. The molecule has 2 fully saturated rings. The van der Waals surface area contributed by atoms with Crippen LogP contribution in [0.2, 0.25) is 0 Å². The minimum absolute atomic E-state index is 0.0362. The van der Waals surface area contributed by atoms with Gasteiger partial charge in [-0.05, 0) is 38.5 Å². The molecule has 114 valence electrons. The summed E-state index contributed by atoms with van der Waals surface area (Å²) in [6.45, 7) is 1.46. The molecule has 0 aromatic heterocycles. The average molecular weight is 282 g/mol. The first-order chi connectivity index (χ1) is 9.74. The molecule has 0 heterocycles. The van der Waals surface area contributed by atoms with Crippen molar-refractivity contribution >= 4 is 12.1 Å². The monoisotopic (exact) mass is 282 g/mol. The molecule has 6 nitrogen and oxygen atoms in total. The smallest absolute Gasteiger partial charge is 0.315 e. The number of hydrogen-bond acceptors (Lipinski definition) is 2. The topological polar surface area (TPSA) is 82.3 Å². The number of unbranched alkanes of at least 4 members (excludes halogenated alkanes) is 3. The van der Waals surface area contributed by atoms with E-state index in [2.05, 4.69) is 21.3 Å². The molecule has 0 radical (unpaired) electrons. The molecule has 0 atom stereocenters. The van der Waals surface area contributed by atoms with Gasteiger partial charge in [0.2, 0.25) is 0 Å². The Morgan fingerprint density at radius 3 is 1.45 bits per heavy atom. The van der Waals surface area contributed by atoms with Crippen LogP contribution in [0.5, 0.6) is 0 Å². The quantitative estimate of drug-likeness (QED) is 0.483. The van der Waals surface area contributed by atoms with Gasteiger partial charge < -0.3 is 21.3 Å². The lowest BCUT2D eigenvalue weighted by atomic mass is 10.2. The zero-order chi connectivity index (χ0) is 14.2. The highest BCUT2D eigenvalue weighted by Gasteiger charge is 2.23. The second kappa shape index (κ2) is 7.97. The first kappa shape index (κ1) is 14.9. The van der Waals surface area contributed by atoms with Gasteiger partial charge in [0, 0.05) is 25.2 Å². The third kappa shape index (κ3) is 7.21. The maximum absolute atomic E-state index is 11.3. The van der Waals surface area contributed by atoms with E-state index in [1.807, 2.05) is 0 Å². The molecule has 4 amide bonds.